The van der Waals surface area contributed by atoms with Crippen molar-refractivity contribution in [2.75, 3.05) is 6.54 Å². The molecule has 0 fully saturated rings. The zero-order valence-corrected chi connectivity index (χ0v) is 13.4. The van der Waals surface area contributed by atoms with Crippen molar-refractivity contribution in [2.45, 2.75) is 32.6 Å². The second-order valence-electron chi connectivity index (χ2n) is 1.94. The maximum absolute atomic E-state index is 7.50. The number of nitrogens with zero attached hydrogens (tertiary/aromatic N) is 1. The average Bonchev–Trinajstić information content (AvgIpc) is 2.54. The van der Waals surface area contributed by atoms with Crippen molar-refractivity contribution in [2.24, 2.45) is 0 Å². The molecule has 19 heavy (non-hydrogen) atoms. The van der Waals surface area contributed by atoms with E-state index in [1.54, 1.807) is 0 Å². The third kappa shape index (κ3) is 280. The van der Waals surface area contributed by atoms with Gasteiger partial charge in [-0.05, 0) is 6.42 Å². The normalized spacial score (nSPS) is 4.63. The third-order valence-corrected chi connectivity index (χ3v) is 1.12. The first kappa shape index (κ1) is 43.2. The van der Waals surface area contributed by atoms with Gasteiger partial charge in [-0.15, -0.1) is 0 Å². The fourth-order valence-corrected chi connectivity index (χ4v) is 0.618. The standard InChI is InChI=1S/C7H13N.5CO.W/c1-3-4-5-6-7-8-2;5*1-2;/h3-7H2,1H3;;;;;;. The molecule has 7 heteroatoms. The summed E-state index contributed by atoms with van der Waals surface area (Å²) in [5.74, 6) is 0. The van der Waals surface area contributed by atoms with E-state index in [0.29, 0.717) is 0 Å². The molecule has 0 atom stereocenters. The van der Waals surface area contributed by atoms with Crippen molar-refractivity contribution in [3.05, 3.63) is 11.4 Å². The Kier molecular flexibility index (Phi) is 442. The van der Waals surface area contributed by atoms with Gasteiger partial charge in [0.05, 0.1) is 0 Å². The van der Waals surface area contributed by atoms with E-state index in [4.69, 9.17) is 30.5 Å². The van der Waals surface area contributed by atoms with Crippen LogP contribution in [0.5, 0.6) is 0 Å². The Balaban J connectivity index is -0.0000000223. The second-order valence-corrected chi connectivity index (χ2v) is 1.94. The van der Waals surface area contributed by atoms with Crippen molar-refractivity contribution in [1.29, 1.82) is 0 Å². The van der Waals surface area contributed by atoms with E-state index in [1.807, 2.05) is 0 Å². The van der Waals surface area contributed by atoms with Gasteiger partial charge in [-0.2, -0.15) is 0 Å². The van der Waals surface area contributed by atoms with Crippen LogP contribution in [-0.2, 0) is 45.0 Å². The van der Waals surface area contributed by atoms with Gasteiger partial charge in [-0.1, -0.05) is 19.8 Å². The summed E-state index contributed by atoms with van der Waals surface area (Å²) in [6, 6.07) is 0. The minimum absolute atomic E-state index is 0. The minimum atomic E-state index is 0. The van der Waals surface area contributed by atoms with E-state index in [2.05, 4.69) is 45.7 Å². The van der Waals surface area contributed by atoms with E-state index >= 15 is 0 Å². The van der Waals surface area contributed by atoms with Gasteiger partial charge in [0.1, 0.15) is 0 Å². The summed E-state index contributed by atoms with van der Waals surface area (Å²) >= 11 is 0. The Morgan fingerprint density at radius 1 is 0.737 bits per heavy atom. The number of hydrogen-bond donors (Lipinski definition) is 0. The summed E-state index contributed by atoms with van der Waals surface area (Å²) in [5.41, 5.74) is 0. The van der Waals surface area contributed by atoms with Crippen molar-refractivity contribution in [1.82, 2.24) is 0 Å². The van der Waals surface area contributed by atoms with E-state index in [9.17, 15) is 0 Å². The zero-order valence-electron chi connectivity index (χ0n) is 10.4. The molecule has 0 N–H and O–H groups in total. The molecule has 0 rings (SSSR count). The summed E-state index contributed by atoms with van der Waals surface area (Å²) in [5, 5.41) is 0. The largest absolute Gasteiger partial charge is 0.317 e. The Labute approximate surface area is 130 Å². The predicted octanol–water partition coefficient (Wildman–Crippen LogP) is 0.498. The molecule has 10 radical (unpaired) electrons. The van der Waals surface area contributed by atoms with Crippen LogP contribution in [0.2, 0.25) is 0 Å². The molecule has 102 valence electrons. The summed E-state index contributed by atoms with van der Waals surface area (Å²) in [6.07, 6.45) is 4.88. The molecule has 0 aromatic rings. The van der Waals surface area contributed by atoms with Gasteiger partial charge in [0, 0.05) is 27.5 Å². The molecule has 0 saturated heterocycles. The van der Waals surface area contributed by atoms with Gasteiger partial charge in [0.25, 0.3) is 33.9 Å². The van der Waals surface area contributed by atoms with Gasteiger partial charge in [-0.3, -0.25) is 24.0 Å². The van der Waals surface area contributed by atoms with Crippen LogP contribution in [0.1, 0.15) is 32.6 Å². The molecule has 0 unspecified atom stereocenters. The molecule has 6 nitrogen and oxygen atoms in total. The topological polar surface area (TPSA) is 89.7 Å². The molecular formula is C12H13NO5W. The summed E-state index contributed by atoms with van der Waals surface area (Å²) in [6.45, 7) is 31.9. The number of unbranched alkanes of at least 4 members (excludes halogenated alkanes) is 3. The Bertz CT molecular complexity index is 133. The smallest absolute Gasteiger partial charge is 0.281 e. The molecule has 0 bridgehead atoms. The Morgan fingerprint density at radius 2 is 1.05 bits per heavy atom. The molecule has 0 amide bonds. The molecule has 0 aliphatic carbocycles. The maximum atomic E-state index is 7.50. The number of carbonyl (C=O) groups excluding carboxylic acids is 5. The molecule has 0 aliphatic rings. The molecule has 0 aromatic heterocycles. The van der Waals surface area contributed by atoms with Crippen LogP contribution in [0.4, 0.5) is 0 Å². The van der Waals surface area contributed by atoms with Crippen LogP contribution in [-0.4, -0.2) is 40.5 Å². The van der Waals surface area contributed by atoms with E-state index < -0.39 is 0 Å². The molecule has 0 saturated carbocycles. The van der Waals surface area contributed by atoms with E-state index in [1.165, 1.54) is 19.3 Å². The average molecular weight is 435 g/mol. The van der Waals surface area contributed by atoms with Gasteiger partial charge in [0.15, 0.2) is 0 Å². The Morgan fingerprint density at radius 3 is 1.26 bits per heavy atom. The van der Waals surface area contributed by atoms with Crippen LogP contribution in [0.25, 0.3) is 4.85 Å². The summed E-state index contributed by atoms with van der Waals surface area (Å²) in [7, 11) is 0. The van der Waals surface area contributed by atoms with Gasteiger partial charge < -0.3 is 4.85 Å². The quantitative estimate of drug-likeness (QED) is 0.474. The van der Waals surface area contributed by atoms with Crippen LogP contribution in [0.15, 0.2) is 0 Å². The molecule has 0 heterocycles. The van der Waals surface area contributed by atoms with Gasteiger partial charge in [-0.25, -0.2) is 6.57 Å². The van der Waals surface area contributed by atoms with Gasteiger partial charge >= 0.3 is 0 Å². The van der Waals surface area contributed by atoms with E-state index in [-0.39, 0.29) is 21.1 Å². The summed E-state index contributed by atoms with van der Waals surface area (Å²) in [4.78, 5) is 40.8. The SMILES string of the molecule is [C-]#[N+]CCCCCC.[C]=O.[C]=O.[C]=O.[C]=O.[C]=O.[W]. The van der Waals surface area contributed by atoms with E-state index in [0.717, 1.165) is 13.0 Å². The molecule has 0 aliphatic heterocycles. The number of rotatable bonds is 4. The first-order valence-corrected chi connectivity index (χ1v) is 4.27. The van der Waals surface area contributed by atoms with Crippen molar-refractivity contribution in [3.8, 4) is 0 Å². The van der Waals surface area contributed by atoms with Crippen molar-refractivity contribution < 1.29 is 45.0 Å². The monoisotopic (exact) mass is 435 g/mol. The first-order valence-electron chi connectivity index (χ1n) is 4.27. The first-order chi connectivity index (χ1) is 8.91. The fourth-order valence-electron chi connectivity index (χ4n) is 0.618. The molecule has 0 spiro atoms. The fraction of sp³-hybridized carbons (Fsp3) is 0.500. The predicted molar refractivity (Wildman–Crippen MR) is 64.1 cm³/mol. The maximum Gasteiger partial charge on any atom is 0.281 e. The van der Waals surface area contributed by atoms with Crippen molar-refractivity contribution in [3.63, 3.8) is 0 Å². The Hall–Kier alpha value is -1.47. The van der Waals surface area contributed by atoms with Crippen LogP contribution < -0.4 is 0 Å². The molecule has 0 aromatic carbocycles. The van der Waals surface area contributed by atoms with Crippen LogP contribution in [0.3, 0.4) is 0 Å². The van der Waals surface area contributed by atoms with Crippen LogP contribution in [0, 0.1) is 6.57 Å². The second kappa shape index (κ2) is 194. The summed E-state index contributed by atoms with van der Waals surface area (Å²) < 4.78 is 0. The minimum Gasteiger partial charge on any atom is -0.317 e. The zero-order chi connectivity index (χ0) is 16.2. The van der Waals surface area contributed by atoms with Crippen molar-refractivity contribution >= 4 is 33.9 Å². The number of hydrogen-bond acceptors (Lipinski definition) is 5. The van der Waals surface area contributed by atoms with Crippen LogP contribution >= 0.6 is 0 Å². The molecular weight excluding hydrogens is 422 g/mol. The van der Waals surface area contributed by atoms with Gasteiger partial charge in [0.2, 0.25) is 6.54 Å². The third-order valence-electron chi connectivity index (χ3n) is 1.12.